The summed E-state index contributed by atoms with van der Waals surface area (Å²) in [6.45, 7) is 1.64. The lowest BCUT2D eigenvalue weighted by Crippen LogP contribution is -2.32. The summed E-state index contributed by atoms with van der Waals surface area (Å²) in [5, 5.41) is 4.75. The summed E-state index contributed by atoms with van der Waals surface area (Å²) in [6.07, 6.45) is 0.880. The lowest BCUT2D eigenvalue weighted by Gasteiger charge is -2.18. The van der Waals surface area contributed by atoms with E-state index >= 15 is 0 Å². The summed E-state index contributed by atoms with van der Waals surface area (Å²) in [5.41, 5.74) is 2.27. The van der Waals surface area contributed by atoms with Crippen LogP contribution in [0.15, 0.2) is 66.0 Å². The van der Waals surface area contributed by atoms with Crippen LogP contribution in [-0.2, 0) is 16.0 Å². The molecule has 0 fully saturated rings. The maximum absolute atomic E-state index is 13.2. The van der Waals surface area contributed by atoms with Gasteiger partial charge in [-0.3, -0.25) is 4.79 Å². The normalized spacial score (nSPS) is 11.6. The summed E-state index contributed by atoms with van der Waals surface area (Å²) >= 11 is 1.48. The van der Waals surface area contributed by atoms with Gasteiger partial charge in [-0.2, -0.15) is 0 Å². The Morgan fingerprint density at radius 1 is 1.07 bits per heavy atom. The minimum absolute atomic E-state index is 0.344. The molecule has 1 heterocycles. The molecule has 0 aliphatic rings. The predicted molar refractivity (Wildman–Crippen MR) is 107 cm³/mol. The van der Waals surface area contributed by atoms with Crippen LogP contribution in [0.2, 0.25) is 0 Å². The van der Waals surface area contributed by atoms with Crippen LogP contribution in [-0.4, -0.2) is 18.5 Å². The smallest absolute Gasteiger partial charge is 0.338 e. The fourth-order valence-electron chi connectivity index (χ4n) is 2.72. The van der Waals surface area contributed by atoms with Gasteiger partial charge in [0.25, 0.3) is 5.91 Å². The first-order chi connectivity index (χ1) is 13.6. The van der Waals surface area contributed by atoms with Gasteiger partial charge in [-0.15, -0.1) is 11.3 Å². The fourth-order valence-corrected chi connectivity index (χ4v) is 3.53. The monoisotopic (exact) mass is 397 g/mol. The van der Waals surface area contributed by atoms with E-state index in [1.54, 1.807) is 24.3 Å². The molecule has 0 aliphatic heterocycles. The van der Waals surface area contributed by atoms with Gasteiger partial charge in [0.05, 0.1) is 11.6 Å². The second-order valence-corrected chi connectivity index (χ2v) is 7.17. The van der Waals surface area contributed by atoms with Crippen LogP contribution in [0, 0.1) is 5.82 Å². The summed E-state index contributed by atoms with van der Waals surface area (Å²) in [5.74, 6) is -1.32. The van der Waals surface area contributed by atoms with Crippen LogP contribution in [0.5, 0.6) is 0 Å². The molecular formula is C22H20FNO3S. The van der Waals surface area contributed by atoms with E-state index in [-0.39, 0.29) is 5.82 Å². The van der Waals surface area contributed by atoms with Gasteiger partial charge in [0.15, 0.2) is 6.61 Å². The number of hydrogen-bond donors (Lipinski definition) is 1. The molecule has 1 N–H and O–H groups in total. The number of carbonyl (C=O) groups is 2. The predicted octanol–water partition coefficient (Wildman–Crippen LogP) is 4.51. The molecule has 0 saturated heterocycles. The number of benzene rings is 2. The second kappa shape index (κ2) is 9.28. The van der Waals surface area contributed by atoms with Crippen molar-refractivity contribution in [2.24, 2.45) is 0 Å². The van der Waals surface area contributed by atoms with Crippen molar-refractivity contribution in [3.63, 3.8) is 0 Å². The van der Waals surface area contributed by atoms with Crippen LogP contribution in [0.1, 0.15) is 39.3 Å². The molecule has 1 aromatic heterocycles. The first-order valence-corrected chi connectivity index (χ1v) is 9.79. The van der Waals surface area contributed by atoms with Crippen molar-refractivity contribution in [1.82, 2.24) is 5.32 Å². The van der Waals surface area contributed by atoms with Crippen molar-refractivity contribution in [1.29, 1.82) is 0 Å². The van der Waals surface area contributed by atoms with Crippen molar-refractivity contribution in [2.75, 3.05) is 6.61 Å². The van der Waals surface area contributed by atoms with Crippen LogP contribution in [0.3, 0.4) is 0 Å². The highest BCUT2D eigenvalue weighted by Crippen LogP contribution is 2.26. The topological polar surface area (TPSA) is 55.4 Å². The third kappa shape index (κ3) is 5.04. The van der Waals surface area contributed by atoms with Crippen LogP contribution < -0.4 is 5.32 Å². The van der Waals surface area contributed by atoms with E-state index in [0.717, 1.165) is 22.4 Å². The van der Waals surface area contributed by atoms with Crippen molar-refractivity contribution < 1.29 is 18.7 Å². The maximum Gasteiger partial charge on any atom is 0.338 e. The zero-order chi connectivity index (χ0) is 19.9. The van der Waals surface area contributed by atoms with Crippen LogP contribution in [0.25, 0.3) is 0 Å². The first kappa shape index (κ1) is 19.8. The summed E-state index contributed by atoms with van der Waals surface area (Å²) in [7, 11) is 0. The van der Waals surface area contributed by atoms with Gasteiger partial charge >= 0.3 is 5.97 Å². The van der Waals surface area contributed by atoms with E-state index in [4.69, 9.17) is 4.74 Å². The van der Waals surface area contributed by atoms with Gasteiger partial charge in [0.1, 0.15) is 5.82 Å². The van der Waals surface area contributed by atoms with Crippen molar-refractivity contribution in [2.45, 2.75) is 19.4 Å². The van der Waals surface area contributed by atoms with Crippen LogP contribution in [0.4, 0.5) is 4.39 Å². The lowest BCUT2D eigenvalue weighted by atomic mass is 10.1. The Morgan fingerprint density at radius 2 is 1.79 bits per heavy atom. The van der Waals surface area contributed by atoms with Gasteiger partial charge in [-0.1, -0.05) is 37.3 Å². The largest absolute Gasteiger partial charge is 0.452 e. The molecule has 0 saturated carbocycles. The Kier molecular flexibility index (Phi) is 6.55. The van der Waals surface area contributed by atoms with E-state index < -0.39 is 24.5 Å². The Hall–Kier alpha value is -2.99. The molecule has 0 radical (unpaired) electrons. The molecule has 6 heteroatoms. The number of rotatable bonds is 7. The zero-order valence-corrected chi connectivity index (χ0v) is 16.2. The molecule has 3 aromatic rings. The Labute approximate surface area is 167 Å². The Balaban J connectivity index is 1.63. The SMILES string of the molecule is CCc1ccc(C(=O)OCC(=O)N[C@H](c2ccc(F)cc2)c2cccs2)cc1. The number of amides is 1. The van der Waals surface area contributed by atoms with Gasteiger partial charge in [-0.25, -0.2) is 9.18 Å². The molecule has 2 aromatic carbocycles. The molecule has 144 valence electrons. The highest BCUT2D eigenvalue weighted by atomic mass is 32.1. The minimum Gasteiger partial charge on any atom is -0.452 e. The molecule has 4 nitrogen and oxygen atoms in total. The third-order valence-electron chi connectivity index (χ3n) is 4.27. The first-order valence-electron chi connectivity index (χ1n) is 8.91. The van der Waals surface area contributed by atoms with E-state index in [9.17, 15) is 14.0 Å². The number of aryl methyl sites for hydroxylation is 1. The Morgan fingerprint density at radius 3 is 2.39 bits per heavy atom. The quantitative estimate of drug-likeness (QED) is 0.597. The molecular weight excluding hydrogens is 377 g/mol. The molecule has 0 unspecified atom stereocenters. The van der Waals surface area contributed by atoms with Gasteiger partial charge in [0, 0.05) is 4.88 Å². The molecule has 3 rings (SSSR count). The van der Waals surface area contributed by atoms with E-state index in [2.05, 4.69) is 5.32 Å². The van der Waals surface area contributed by atoms with Gasteiger partial charge < -0.3 is 10.1 Å². The fraction of sp³-hybridized carbons (Fsp3) is 0.182. The second-order valence-electron chi connectivity index (χ2n) is 6.19. The standard InChI is InChI=1S/C22H20FNO3S/c1-2-15-5-7-17(8-6-15)22(26)27-14-20(25)24-21(19-4-3-13-28-19)16-9-11-18(23)12-10-16/h3-13,21H,2,14H2,1H3,(H,24,25)/t21-/m1/s1. The minimum atomic E-state index is -0.549. The lowest BCUT2D eigenvalue weighted by molar-refractivity contribution is -0.124. The summed E-state index contributed by atoms with van der Waals surface area (Å²) in [4.78, 5) is 25.4. The number of esters is 1. The van der Waals surface area contributed by atoms with Gasteiger partial charge in [0.2, 0.25) is 0 Å². The number of hydrogen-bond acceptors (Lipinski definition) is 4. The van der Waals surface area contributed by atoms with E-state index in [1.165, 1.54) is 23.5 Å². The van der Waals surface area contributed by atoms with Crippen molar-refractivity contribution in [3.05, 3.63) is 93.4 Å². The van der Waals surface area contributed by atoms with Crippen molar-refractivity contribution >= 4 is 23.2 Å². The maximum atomic E-state index is 13.2. The number of thiophene rings is 1. The molecule has 1 atom stereocenters. The zero-order valence-electron chi connectivity index (χ0n) is 15.4. The summed E-state index contributed by atoms with van der Waals surface area (Å²) < 4.78 is 18.4. The number of carbonyl (C=O) groups excluding carboxylic acids is 2. The average Bonchev–Trinajstić information content (AvgIpc) is 3.25. The van der Waals surface area contributed by atoms with Crippen molar-refractivity contribution in [3.8, 4) is 0 Å². The van der Waals surface area contributed by atoms with E-state index in [1.807, 2.05) is 36.6 Å². The molecule has 28 heavy (non-hydrogen) atoms. The number of nitrogens with one attached hydrogen (secondary N) is 1. The average molecular weight is 397 g/mol. The number of halogens is 1. The highest BCUT2D eigenvalue weighted by molar-refractivity contribution is 7.10. The molecule has 0 spiro atoms. The molecule has 0 bridgehead atoms. The highest BCUT2D eigenvalue weighted by Gasteiger charge is 2.19. The third-order valence-corrected chi connectivity index (χ3v) is 5.21. The molecule has 1 amide bonds. The van der Waals surface area contributed by atoms with Crippen LogP contribution >= 0.6 is 11.3 Å². The number of ether oxygens (including phenoxy) is 1. The Bertz CT molecular complexity index is 921. The van der Waals surface area contributed by atoms with Gasteiger partial charge in [-0.05, 0) is 53.3 Å². The molecule has 0 aliphatic carbocycles. The van der Waals surface area contributed by atoms with E-state index in [0.29, 0.717) is 5.56 Å². The summed E-state index contributed by atoms with van der Waals surface area (Å²) in [6, 6.07) is 16.4.